The molecule has 1 heterocycles. The molecule has 2 heteroatoms. The van der Waals surface area contributed by atoms with E-state index in [2.05, 4.69) is 84.2 Å². The predicted molar refractivity (Wildman–Crippen MR) is 118 cm³/mol. The number of anilines is 2. The molecule has 0 unspecified atom stereocenters. The molecule has 132 valence electrons. The topological polar surface area (TPSA) is 25.2 Å². The zero-order chi connectivity index (χ0) is 18.5. The summed E-state index contributed by atoms with van der Waals surface area (Å²) in [5, 5.41) is 10.9. The van der Waals surface area contributed by atoms with Gasteiger partial charge in [0.15, 0.2) is 0 Å². The fraction of sp³-hybridized carbons (Fsp3) is 0. The highest BCUT2D eigenvalue weighted by Crippen LogP contribution is 2.32. The maximum absolute atomic E-state index is 6.02. The van der Waals surface area contributed by atoms with E-state index in [1.807, 2.05) is 18.2 Å². The van der Waals surface area contributed by atoms with Crippen molar-refractivity contribution in [1.29, 1.82) is 0 Å². The summed E-state index contributed by atoms with van der Waals surface area (Å²) in [4.78, 5) is 0. The van der Waals surface area contributed by atoms with Crippen molar-refractivity contribution in [2.24, 2.45) is 0 Å². The van der Waals surface area contributed by atoms with Crippen molar-refractivity contribution in [2.75, 3.05) is 5.32 Å². The van der Waals surface area contributed by atoms with Gasteiger partial charge in [-0.1, -0.05) is 60.7 Å². The molecule has 0 aliphatic carbocycles. The van der Waals surface area contributed by atoms with Crippen LogP contribution >= 0.6 is 0 Å². The Kier molecular flexibility index (Phi) is 3.20. The highest BCUT2D eigenvalue weighted by Gasteiger charge is 2.07. The summed E-state index contributed by atoms with van der Waals surface area (Å²) in [5.74, 6) is 0. The Morgan fingerprint density at radius 3 is 2.04 bits per heavy atom. The van der Waals surface area contributed by atoms with Gasteiger partial charge in [0, 0.05) is 28.2 Å². The summed E-state index contributed by atoms with van der Waals surface area (Å²) in [6, 6.07) is 33.9. The van der Waals surface area contributed by atoms with Gasteiger partial charge in [0.25, 0.3) is 0 Å². The molecule has 0 saturated carbocycles. The normalized spacial score (nSPS) is 11.6. The van der Waals surface area contributed by atoms with E-state index in [1.54, 1.807) is 0 Å². The van der Waals surface area contributed by atoms with Crippen LogP contribution in [0, 0.1) is 0 Å². The molecule has 1 aromatic heterocycles. The Morgan fingerprint density at radius 2 is 1.11 bits per heavy atom. The molecule has 5 aromatic carbocycles. The van der Waals surface area contributed by atoms with Crippen LogP contribution in [-0.2, 0) is 0 Å². The molecule has 2 nitrogen and oxygen atoms in total. The Hall–Kier alpha value is -3.78. The van der Waals surface area contributed by atoms with Gasteiger partial charge in [-0.05, 0) is 51.9 Å². The lowest BCUT2D eigenvalue weighted by Gasteiger charge is -2.09. The van der Waals surface area contributed by atoms with Gasteiger partial charge in [-0.3, -0.25) is 0 Å². The van der Waals surface area contributed by atoms with Gasteiger partial charge >= 0.3 is 0 Å². The second-order valence-electron chi connectivity index (χ2n) is 7.16. The number of hydrogen-bond donors (Lipinski definition) is 1. The van der Waals surface area contributed by atoms with Gasteiger partial charge in [0.1, 0.15) is 11.2 Å². The Balaban J connectivity index is 1.45. The lowest BCUT2D eigenvalue weighted by Crippen LogP contribution is -1.90. The molecule has 0 saturated heterocycles. The first kappa shape index (κ1) is 15.3. The Labute approximate surface area is 162 Å². The summed E-state index contributed by atoms with van der Waals surface area (Å²) in [7, 11) is 0. The highest BCUT2D eigenvalue weighted by atomic mass is 16.3. The first-order valence-electron chi connectivity index (χ1n) is 9.45. The third-order valence-electron chi connectivity index (χ3n) is 5.41. The van der Waals surface area contributed by atoms with Crippen LogP contribution in [0.1, 0.15) is 0 Å². The van der Waals surface area contributed by atoms with Gasteiger partial charge in [-0.15, -0.1) is 0 Å². The first-order chi connectivity index (χ1) is 13.8. The van der Waals surface area contributed by atoms with Gasteiger partial charge in [-0.2, -0.15) is 0 Å². The van der Waals surface area contributed by atoms with Crippen molar-refractivity contribution in [3.8, 4) is 0 Å². The van der Waals surface area contributed by atoms with E-state index in [4.69, 9.17) is 4.42 Å². The van der Waals surface area contributed by atoms with Crippen molar-refractivity contribution in [3.05, 3.63) is 97.1 Å². The summed E-state index contributed by atoms with van der Waals surface area (Å²) >= 11 is 0. The zero-order valence-electron chi connectivity index (χ0n) is 15.1. The van der Waals surface area contributed by atoms with Gasteiger partial charge in [0.2, 0.25) is 0 Å². The van der Waals surface area contributed by atoms with Crippen LogP contribution in [0.3, 0.4) is 0 Å². The first-order valence-corrected chi connectivity index (χ1v) is 9.45. The third-order valence-corrected chi connectivity index (χ3v) is 5.41. The number of hydrogen-bond acceptors (Lipinski definition) is 2. The van der Waals surface area contributed by atoms with E-state index in [0.717, 1.165) is 33.3 Å². The molecule has 0 fully saturated rings. The standard InChI is InChI=1S/C26H17NO/c1-2-6-21-17(5-1)9-10-18-11-12-19(15-24(18)21)27-20-13-14-23-22-7-3-4-8-25(22)28-26(23)16-20/h1-16,27H. The smallest absolute Gasteiger partial charge is 0.137 e. The minimum atomic E-state index is 0.900. The summed E-state index contributed by atoms with van der Waals surface area (Å²) in [6.07, 6.45) is 0. The molecular formula is C26H17NO. The lowest BCUT2D eigenvalue weighted by atomic mass is 10.0. The van der Waals surface area contributed by atoms with Crippen molar-refractivity contribution in [1.82, 2.24) is 0 Å². The number of fused-ring (bicyclic) bond motifs is 6. The molecule has 0 aliphatic rings. The molecule has 28 heavy (non-hydrogen) atoms. The average Bonchev–Trinajstić information content (AvgIpc) is 3.11. The van der Waals surface area contributed by atoms with Crippen LogP contribution in [0.2, 0.25) is 0 Å². The number of para-hydroxylation sites is 1. The minimum Gasteiger partial charge on any atom is -0.456 e. The van der Waals surface area contributed by atoms with Crippen LogP contribution < -0.4 is 5.32 Å². The van der Waals surface area contributed by atoms with E-state index in [9.17, 15) is 0 Å². The SMILES string of the molecule is c1ccc2c(c1)ccc1ccc(Nc3ccc4c(c3)oc3ccccc34)cc12. The average molecular weight is 359 g/mol. The monoisotopic (exact) mass is 359 g/mol. The molecule has 6 rings (SSSR count). The third kappa shape index (κ3) is 2.35. The number of nitrogens with one attached hydrogen (secondary N) is 1. The van der Waals surface area contributed by atoms with Gasteiger partial charge < -0.3 is 9.73 Å². The van der Waals surface area contributed by atoms with E-state index >= 15 is 0 Å². The fourth-order valence-electron chi connectivity index (χ4n) is 4.05. The van der Waals surface area contributed by atoms with Crippen LogP contribution in [0.25, 0.3) is 43.5 Å². The van der Waals surface area contributed by atoms with Crippen LogP contribution in [-0.4, -0.2) is 0 Å². The fourth-order valence-corrected chi connectivity index (χ4v) is 4.05. The summed E-state index contributed by atoms with van der Waals surface area (Å²) < 4.78 is 6.02. The van der Waals surface area contributed by atoms with Crippen molar-refractivity contribution in [3.63, 3.8) is 0 Å². The highest BCUT2D eigenvalue weighted by molar-refractivity contribution is 6.09. The second kappa shape index (κ2) is 5.86. The molecular weight excluding hydrogens is 342 g/mol. The molecule has 0 bridgehead atoms. The van der Waals surface area contributed by atoms with E-state index in [1.165, 1.54) is 21.5 Å². The Bertz CT molecular complexity index is 1490. The minimum absolute atomic E-state index is 0.900. The van der Waals surface area contributed by atoms with E-state index in [0.29, 0.717) is 0 Å². The number of furan rings is 1. The molecule has 0 radical (unpaired) electrons. The molecule has 0 aliphatic heterocycles. The molecule has 0 atom stereocenters. The maximum atomic E-state index is 6.02. The molecule has 0 spiro atoms. The van der Waals surface area contributed by atoms with E-state index in [-0.39, 0.29) is 0 Å². The van der Waals surface area contributed by atoms with Gasteiger partial charge in [-0.25, -0.2) is 0 Å². The number of rotatable bonds is 2. The maximum Gasteiger partial charge on any atom is 0.137 e. The lowest BCUT2D eigenvalue weighted by molar-refractivity contribution is 0.669. The molecule has 1 N–H and O–H groups in total. The van der Waals surface area contributed by atoms with Gasteiger partial charge in [0.05, 0.1) is 0 Å². The van der Waals surface area contributed by atoms with E-state index < -0.39 is 0 Å². The van der Waals surface area contributed by atoms with Crippen molar-refractivity contribution < 1.29 is 4.42 Å². The number of benzene rings is 5. The summed E-state index contributed by atoms with van der Waals surface area (Å²) in [6.45, 7) is 0. The molecule has 0 amide bonds. The second-order valence-corrected chi connectivity index (χ2v) is 7.16. The van der Waals surface area contributed by atoms with Crippen LogP contribution in [0.15, 0.2) is 101 Å². The van der Waals surface area contributed by atoms with Crippen LogP contribution in [0.4, 0.5) is 11.4 Å². The zero-order valence-corrected chi connectivity index (χ0v) is 15.1. The quantitative estimate of drug-likeness (QED) is 0.321. The van der Waals surface area contributed by atoms with Crippen LogP contribution in [0.5, 0.6) is 0 Å². The predicted octanol–water partition coefficient (Wildman–Crippen LogP) is 7.64. The largest absolute Gasteiger partial charge is 0.456 e. The molecule has 6 aromatic rings. The Morgan fingerprint density at radius 1 is 0.464 bits per heavy atom. The van der Waals surface area contributed by atoms with Crippen molar-refractivity contribution >= 4 is 54.9 Å². The summed E-state index contributed by atoms with van der Waals surface area (Å²) in [5.41, 5.74) is 3.91. The van der Waals surface area contributed by atoms with Crippen molar-refractivity contribution in [2.45, 2.75) is 0 Å².